The van der Waals surface area contributed by atoms with Crippen molar-refractivity contribution in [2.45, 2.75) is 6.61 Å². The van der Waals surface area contributed by atoms with Crippen molar-refractivity contribution in [2.75, 3.05) is 19.1 Å². The first-order valence-corrected chi connectivity index (χ1v) is 12.5. The lowest BCUT2D eigenvalue weighted by molar-refractivity contribution is -0.384. The molecular formula is C25H19BrN2O6S2. The van der Waals surface area contributed by atoms with E-state index in [1.807, 2.05) is 0 Å². The number of nitro benzene ring substituents is 1. The molecule has 1 aliphatic rings. The van der Waals surface area contributed by atoms with E-state index in [2.05, 4.69) is 15.9 Å². The zero-order chi connectivity index (χ0) is 25.8. The number of hydrogen-bond donors (Lipinski definition) is 0. The SMILES string of the molecule is COc1ccc(N2C(=O)/C(=C/c3cc(OC)c(OCc4ccc([N+](=O)[O-])cc4)cc3Br)SC2=S)cc1. The highest BCUT2D eigenvalue weighted by Gasteiger charge is 2.33. The Labute approximate surface area is 225 Å². The van der Waals surface area contributed by atoms with Crippen LogP contribution in [-0.4, -0.2) is 29.4 Å². The number of rotatable bonds is 8. The van der Waals surface area contributed by atoms with Gasteiger partial charge in [-0.3, -0.25) is 19.8 Å². The average Bonchev–Trinajstić information content (AvgIpc) is 3.16. The summed E-state index contributed by atoms with van der Waals surface area (Å²) in [4.78, 5) is 25.5. The Kier molecular flexibility index (Phi) is 7.92. The third-order valence-corrected chi connectivity index (χ3v) is 7.22. The third kappa shape index (κ3) is 5.53. The Morgan fingerprint density at radius 2 is 1.75 bits per heavy atom. The van der Waals surface area contributed by atoms with E-state index in [0.717, 1.165) is 5.56 Å². The van der Waals surface area contributed by atoms with Gasteiger partial charge in [0.2, 0.25) is 0 Å². The summed E-state index contributed by atoms with van der Waals surface area (Å²) in [5.41, 5.74) is 2.16. The standard InChI is InChI=1S/C25H19BrN2O6S2/c1-32-19-9-7-17(8-10-19)27-24(29)23(36-25(27)35)12-16-11-21(33-2)22(13-20(16)26)34-14-15-3-5-18(6-4-15)28(30)31/h3-13H,14H2,1-2H3/b23-12-. The predicted octanol–water partition coefficient (Wildman–Crippen LogP) is 6.36. The molecule has 184 valence electrons. The van der Waals surface area contributed by atoms with Gasteiger partial charge in [-0.1, -0.05) is 39.9 Å². The lowest BCUT2D eigenvalue weighted by Gasteiger charge is -2.15. The molecule has 0 radical (unpaired) electrons. The van der Waals surface area contributed by atoms with Crippen LogP contribution in [0, 0.1) is 10.1 Å². The molecule has 3 aromatic carbocycles. The average molecular weight is 587 g/mol. The first kappa shape index (κ1) is 25.7. The molecule has 0 N–H and O–H groups in total. The van der Waals surface area contributed by atoms with Gasteiger partial charge in [0.15, 0.2) is 15.8 Å². The molecule has 0 atom stereocenters. The highest BCUT2D eigenvalue weighted by atomic mass is 79.9. The van der Waals surface area contributed by atoms with Crippen LogP contribution in [0.2, 0.25) is 0 Å². The van der Waals surface area contributed by atoms with Gasteiger partial charge in [-0.2, -0.15) is 0 Å². The van der Waals surface area contributed by atoms with Crippen LogP contribution in [0.25, 0.3) is 6.08 Å². The second-order valence-corrected chi connectivity index (χ2v) is 9.98. The number of amides is 1. The second-order valence-electron chi connectivity index (χ2n) is 7.45. The van der Waals surface area contributed by atoms with Crippen LogP contribution in [0.1, 0.15) is 11.1 Å². The van der Waals surface area contributed by atoms with Crippen molar-refractivity contribution in [1.29, 1.82) is 0 Å². The number of non-ortho nitro benzene ring substituents is 1. The number of hydrogen-bond acceptors (Lipinski definition) is 8. The number of thioether (sulfide) groups is 1. The maximum absolute atomic E-state index is 13.1. The molecule has 11 heteroatoms. The normalized spacial score (nSPS) is 14.3. The lowest BCUT2D eigenvalue weighted by Crippen LogP contribution is -2.27. The van der Waals surface area contributed by atoms with Crippen LogP contribution in [0.3, 0.4) is 0 Å². The molecule has 0 aromatic heterocycles. The molecule has 0 spiro atoms. The molecule has 0 saturated carbocycles. The van der Waals surface area contributed by atoms with Gasteiger partial charge in [0, 0.05) is 16.6 Å². The molecule has 1 amide bonds. The molecule has 1 heterocycles. The van der Waals surface area contributed by atoms with E-state index in [1.54, 1.807) is 61.7 Å². The van der Waals surface area contributed by atoms with Crippen molar-refractivity contribution in [3.05, 3.63) is 91.3 Å². The van der Waals surface area contributed by atoms with Gasteiger partial charge in [-0.25, -0.2) is 0 Å². The van der Waals surface area contributed by atoms with Crippen LogP contribution in [-0.2, 0) is 11.4 Å². The number of anilines is 1. The Bertz CT molecular complexity index is 1360. The summed E-state index contributed by atoms with van der Waals surface area (Å²) in [6.45, 7) is 0.195. The quantitative estimate of drug-likeness (QED) is 0.130. The minimum Gasteiger partial charge on any atom is -0.497 e. The van der Waals surface area contributed by atoms with Crippen LogP contribution in [0.15, 0.2) is 70.0 Å². The summed E-state index contributed by atoms with van der Waals surface area (Å²) in [7, 11) is 3.10. The van der Waals surface area contributed by atoms with E-state index in [0.29, 0.717) is 42.2 Å². The molecule has 1 aliphatic heterocycles. The van der Waals surface area contributed by atoms with Gasteiger partial charge in [-0.15, -0.1) is 0 Å². The first-order valence-electron chi connectivity index (χ1n) is 10.5. The Hall–Kier alpha value is -3.41. The van der Waals surface area contributed by atoms with Gasteiger partial charge >= 0.3 is 0 Å². The number of thiocarbonyl (C=S) groups is 1. The van der Waals surface area contributed by atoms with Crippen molar-refractivity contribution in [1.82, 2.24) is 0 Å². The summed E-state index contributed by atoms with van der Waals surface area (Å²) in [5.74, 6) is 1.41. The summed E-state index contributed by atoms with van der Waals surface area (Å²) in [5, 5.41) is 10.8. The molecule has 1 saturated heterocycles. The van der Waals surface area contributed by atoms with E-state index >= 15 is 0 Å². The summed E-state index contributed by atoms with van der Waals surface area (Å²) in [6.07, 6.45) is 1.75. The predicted molar refractivity (Wildman–Crippen MR) is 147 cm³/mol. The van der Waals surface area contributed by atoms with Crippen molar-refractivity contribution < 1.29 is 23.9 Å². The molecule has 1 fully saturated rings. The van der Waals surface area contributed by atoms with E-state index in [9.17, 15) is 14.9 Å². The minimum atomic E-state index is -0.450. The van der Waals surface area contributed by atoms with E-state index in [1.165, 1.54) is 35.9 Å². The lowest BCUT2D eigenvalue weighted by atomic mass is 10.1. The number of carbonyl (C=O) groups excluding carboxylic acids is 1. The van der Waals surface area contributed by atoms with Gasteiger partial charge in [0.1, 0.15) is 12.4 Å². The molecular weight excluding hydrogens is 568 g/mol. The second kappa shape index (κ2) is 11.1. The maximum Gasteiger partial charge on any atom is 0.270 e. The zero-order valence-corrected chi connectivity index (χ0v) is 22.3. The number of carbonyl (C=O) groups is 1. The van der Waals surface area contributed by atoms with Crippen molar-refractivity contribution in [2.24, 2.45) is 0 Å². The zero-order valence-electron chi connectivity index (χ0n) is 19.1. The third-order valence-electron chi connectivity index (χ3n) is 5.24. The molecule has 3 aromatic rings. The fraction of sp³-hybridized carbons (Fsp3) is 0.120. The number of nitrogens with zero attached hydrogens (tertiary/aromatic N) is 2. The summed E-state index contributed by atoms with van der Waals surface area (Å²) >= 11 is 10.2. The molecule has 0 bridgehead atoms. The van der Waals surface area contributed by atoms with Crippen LogP contribution >= 0.6 is 39.9 Å². The van der Waals surface area contributed by atoms with Crippen LogP contribution in [0.5, 0.6) is 17.2 Å². The highest BCUT2D eigenvalue weighted by molar-refractivity contribution is 9.10. The van der Waals surface area contributed by atoms with Crippen LogP contribution < -0.4 is 19.1 Å². The molecule has 4 rings (SSSR count). The number of ether oxygens (including phenoxy) is 3. The highest BCUT2D eigenvalue weighted by Crippen LogP contribution is 2.40. The number of benzene rings is 3. The Morgan fingerprint density at radius 3 is 2.36 bits per heavy atom. The van der Waals surface area contributed by atoms with Gasteiger partial charge in [0.25, 0.3) is 11.6 Å². The van der Waals surface area contributed by atoms with Gasteiger partial charge in [-0.05, 0) is 65.7 Å². The van der Waals surface area contributed by atoms with Crippen molar-refractivity contribution >= 4 is 67.6 Å². The van der Waals surface area contributed by atoms with E-state index in [-0.39, 0.29) is 18.2 Å². The number of nitro groups is 1. The fourth-order valence-electron chi connectivity index (χ4n) is 3.37. The molecule has 36 heavy (non-hydrogen) atoms. The van der Waals surface area contributed by atoms with Crippen LogP contribution in [0.4, 0.5) is 11.4 Å². The minimum absolute atomic E-state index is 0.0147. The summed E-state index contributed by atoms with van der Waals surface area (Å²) < 4.78 is 17.7. The smallest absolute Gasteiger partial charge is 0.270 e. The number of methoxy groups -OCH3 is 2. The maximum atomic E-state index is 13.1. The fourth-order valence-corrected chi connectivity index (χ4v) is 5.10. The van der Waals surface area contributed by atoms with E-state index in [4.69, 9.17) is 26.4 Å². The Morgan fingerprint density at radius 1 is 1.06 bits per heavy atom. The monoisotopic (exact) mass is 586 g/mol. The molecule has 8 nitrogen and oxygen atoms in total. The van der Waals surface area contributed by atoms with Crippen molar-refractivity contribution in [3.63, 3.8) is 0 Å². The molecule has 0 unspecified atom stereocenters. The topological polar surface area (TPSA) is 91.1 Å². The molecule has 0 aliphatic carbocycles. The van der Waals surface area contributed by atoms with Gasteiger partial charge in [0.05, 0.1) is 29.7 Å². The first-order chi connectivity index (χ1) is 17.3. The van der Waals surface area contributed by atoms with E-state index < -0.39 is 4.92 Å². The summed E-state index contributed by atoms with van der Waals surface area (Å²) in [6, 6.07) is 16.7. The van der Waals surface area contributed by atoms with Gasteiger partial charge < -0.3 is 14.2 Å². The largest absolute Gasteiger partial charge is 0.497 e. The van der Waals surface area contributed by atoms with Crippen molar-refractivity contribution in [3.8, 4) is 17.2 Å². The number of halogens is 1. The Balaban J connectivity index is 1.54.